The lowest BCUT2D eigenvalue weighted by atomic mass is 10.2. The van der Waals surface area contributed by atoms with Gasteiger partial charge >= 0.3 is 5.97 Å². The lowest BCUT2D eigenvalue weighted by Gasteiger charge is -2.03. The van der Waals surface area contributed by atoms with Crippen LogP contribution in [0.5, 0.6) is 0 Å². The second-order valence-electron chi connectivity index (χ2n) is 3.50. The Hall–Kier alpha value is -1.97. The Labute approximate surface area is 93.6 Å². The van der Waals surface area contributed by atoms with Gasteiger partial charge in [0.2, 0.25) is 0 Å². The molecule has 0 saturated carbocycles. The summed E-state index contributed by atoms with van der Waals surface area (Å²) in [6, 6.07) is 8.02. The van der Waals surface area contributed by atoms with Crippen molar-refractivity contribution in [1.29, 1.82) is 0 Å². The Bertz CT molecular complexity index is 490. The Balaban J connectivity index is 2.02. The summed E-state index contributed by atoms with van der Waals surface area (Å²) in [5, 5.41) is 4.33. The number of benzene rings is 1. The number of anilines is 1. The number of aromatic amines is 1. The zero-order valence-electron chi connectivity index (χ0n) is 9.12. The summed E-state index contributed by atoms with van der Waals surface area (Å²) in [5.74, 6) is -0.202. The van der Waals surface area contributed by atoms with Gasteiger partial charge in [0, 0.05) is 23.6 Å². The molecule has 0 amide bonds. The first kappa shape index (κ1) is 10.5. The molecule has 2 aromatic rings. The zero-order valence-corrected chi connectivity index (χ0v) is 9.12. The number of methoxy groups -OCH3 is 1. The molecule has 84 valence electrons. The number of fused-ring (bicyclic) bond motifs is 1. The van der Waals surface area contributed by atoms with Crippen LogP contribution in [0.2, 0.25) is 0 Å². The number of rotatable bonds is 4. The number of hydrogen-bond donors (Lipinski definition) is 2. The van der Waals surface area contributed by atoms with Crippen LogP contribution in [-0.4, -0.2) is 24.6 Å². The van der Waals surface area contributed by atoms with Crippen molar-refractivity contribution in [2.24, 2.45) is 0 Å². The average Bonchev–Trinajstić information content (AvgIpc) is 2.73. The van der Waals surface area contributed by atoms with Crippen LogP contribution in [0.25, 0.3) is 10.9 Å². The number of carbonyl (C=O) groups is 1. The van der Waals surface area contributed by atoms with Crippen LogP contribution < -0.4 is 5.32 Å². The molecule has 4 nitrogen and oxygen atoms in total. The van der Waals surface area contributed by atoms with Gasteiger partial charge in [0.1, 0.15) is 0 Å². The van der Waals surface area contributed by atoms with Gasteiger partial charge in [0.05, 0.1) is 19.2 Å². The van der Waals surface area contributed by atoms with Crippen LogP contribution in [0.3, 0.4) is 0 Å². The maximum atomic E-state index is 10.9. The van der Waals surface area contributed by atoms with Crippen LogP contribution in [-0.2, 0) is 9.53 Å². The number of esters is 1. The molecule has 0 atom stereocenters. The topological polar surface area (TPSA) is 54.1 Å². The highest BCUT2D eigenvalue weighted by molar-refractivity contribution is 5.92. The van der Waals surface area contributed by atoms with Gasteiger partial charge in [-0.15, -0.1) is 0 Å². The molecule has 0 aliphatic carbocycles. The van der Waals surface area contributed by atoms with E-state index in [2.05, 4.69) is 15.0 Å². The van der Waals surface area contributed by atoms with Gasteiger partial charge in [-0.1, -0.05) is 18.2 Å². The first-order valence-corrected chi connectivity index (χ1v) is 5.18. The first-order valence-electron chi connectivity index (χ1n) is 5.18. The van der Waals surface area contributed by atoms with E-state index in [1.165, 1.54) is 7.11 Å². The molecule has 0 unspecified atom stereocenters. The Morgan fingerprint density at radius 2 is 2.25 bits per heavy atom. The van der Waals surface area contributed by atoms with E-state index in [1.54, 1.807) is 0 Å². The molecule has 0 spiro atoms. The van der Waals surface area contributed by atoms with Crippen molar-refractivity contribution in [1.82, 2.24) is 4.98 Å². The fraction of sp³-hybridized carbons (Fsp3) is 0.250. The average molecular weight is 218 g/mol. The van der Waals surface area contributed by atoms with E-state index in [0.29, 0.717) is 13.0 Å². The smallest absolute Gasteiger partial charge is 0.307 e. The molecule has 16 heavy (non-hydrogen) atoms. The molecular formula is C12H14N2O2. The van der Waals surface area contributed by atoms with Crippen LogP contribution in [0.1, 0.15) is 6.42 Å². The summed E-state index contributed by atoms with van der Waals surface area (Å²) in [7, 11) is 1.40. The largest absolute Gasteiger partial charge is 0.469 e. The van der Waals surface area contributed by atoms with Gasteiger partial charge in [-0.3, -0.25) is 4.79 Å². The van der Waals surface area contributed by atoms with Crippen molar-refractivity contribution < 1.29 is 9.53 Å². The van der Waals surface area contributed by atoms with Crippen LogP contribution >= 0.6 is 0 Å². The van der Waals surface area contributed by atoms with Gasteiger partial charge in [0.25, 0.3) is 0 Å². The van der Waals surface area contributed by atoms with Gasteiger partial charge in [0.15, 0.2) is 0 Å². The summed E-state index contributed by atoms with van der Waals surface area (Å²) in [4.78, 5) is 14.1. The zero-order chi connectivity index (χ0) is 11.4. The summed E-state index contributed by atoms with van der Waals surface area (Å²) in [6.45, 7) is 0.578. The standard InChI is InChI=1S/C12H14N2O2/c1-16-12(15)6-7-13-11-8-14-10-5-3-2-4-9(10)11/h2-5,8,13-14H,6-7H2,1H3. The first-order chi connectivity index (χ1) is 7.81. The fourth-order valence-electron chi connectivity index (χ4n) is 1.62. The molecule has 2 N–H and O–H groups in total. The summed E-state index contributed by atoms with van der Waals surface area (Å²) in [6.07, 6.45) is 2.28. The Kier molecular flexibility index (Phi) is 3.10. The van der Waals surface area contributed by atoms with Crippen molar-refractivity contribution in [3.63, 3.8) is 0 Å². The highest BCUT2D eigenvalue weighted by Crippen LogP contribution is 2.22. The maximum absolute atomic E-state index is 10.9. The molecule has 0 aliphatic heterocycles. The molecular weight excluding hydrogens is 204 g/mol. The van der Waals surface area contributed by atoms with E-state index in [4.69, 9.17) is 0 Å². The minimum Gasteiger partial charge on any atom is -0.469 e. The molecule has 1 aromatic heterocycles. The number of carbonyl (C=O) groups excluding carboxylic acids is 1. The number of aromatic nitrogens is 1. The molecule has 2 rings (SSSR count). The third kappa shape index (κ3) is 2.16. The van der Waals surface area contributed by atoms with E-state index in [0.717, 1.165) is 16.6 Å². The number of para-hydroxylation sites is 1. The molecule has 1 heterocycles. The quantitative estimate of drug-likeness (QED) is 0.773. The number of hydrogen-bond acceptors (Lipinski definition) is 3. The van der Waals surface area contributed by atoms with Crippen molar-refractivity contribution in [2.45, 2.75) is 6.42 Å². The maximum Gasteiger partial charge on any atom is 0.307 e. The van der Waals surface area contributed by atoms with Crippen LogP contribution in [0.15, 0.2) is 30.5 Å². The minimum atomic E-state index is -0.202. The molecule has 0 aliphatic rings. The highest BCUT2D eigenvalue weighted by atomic mass is 16.5. The van der Waals surface area contributed by atoms with Crippen molar-refractivity contribution in [3.8, 4) is 0 Å². The fourth-order valence-corrected chi connectivity index (χ4v) is 1.62. The second kappa shape index (κ2) is 4.70. The monoisotopic (exact) mass is 218 g/mol. The molecule has 0 fully saturated rings. The van der Waals surface area contributed by atoms with Gasteiger partial charge in [-0.2, -0.15) is 0 Å². The molecule has 0 bridgehead atoms. The van der Waals surface area contributed by atoms with Gasteiger partial charge < -0.3 is 15.0 Å². The van der Waals surface area contributed by atoms with E-state index in [1.807, 2.05) is 30.5 Å². The summed E-state index contributed by atoms with van der Waals surface area (Å²) in [5.41, 5.74) is 2.10. The van der Waals surface area contributed by atoms with Crippen molar-refractivity contribution in [3.05, 3.63) is 30.5 Å². The van der Waals surface area contributed by atoms with Crippen molar-refractivity contribution >= 4 is 22.6 Å². The number of nitrogens with one attached hydrogen (secondary N) is 2. The second-order valence-corrected chi connectivity index (χ2v) is 3.50. The molecule has 0 radical (unpaired) electrons. The SMILES string of the molecule is COC(=O)CCNc1c[nH]c2ccccc12. The summed E-state index contributed by atoms with van der Waals surface area (Å²) < 4.78 is 4.57. The third-order valence-electron chi connectivity index (χ3n) is 2.46. The van der Waals surface area contributed by atoms with Crippen LogP contribution in [0.4, 0.5) is 5.69 Å². The summed E-state index contributed by atoms with van der Waals surface area (Å²) >= 11 is 0. The Morgan fingerprint density at radius 1 is 1.44 bits per heavy atom. The molecule has 0 saturated heterocycles. The predicted molar refractivity (Wildman–Crippen MR) is 63.4 cm³/mol. The molecule has 1 aromatic carbocycles. The van der Waals surface area contributed by atoms with E-state index >= 15 is 0 Å². The predicted octanol–water partition coefficient (Wildman–Crippen LogP) is 2.14. The van der Waals surface area contributed by atoms with E-state index < -0.39 is 0 Å². The van der Waals surface area contributed by atoms with Gasteiger partial charge in [-0.05, 0) is 6.07 Å². The number of H-pyrrole nitrogens is 1. The number of ether oxygens (including phenoxy) is 1. The van der Waals surface area contributed by atoms with E-state index in [9.17, 15) is 4.79 Å². The lowest BCUT2D eigenvalue weighted by Crippen LogP contribution is -2.09. The van der Waals surface area contributed by atoms with Gasteiger partial charge in [-0.25, -0.2) is 0 Å². The van der Waals surface area contributed by atoms with Crippen LogP contribution in [0, 0.1) is 0 Å². The highest BCUT2D eigenvalue weighted by Gasteiger charge is 2.03. The third-order valence-corrected chi connectivity index (χ3v) is 2.46. The molecule has 4 heteroatoms. The minimum absolute atomic E-state index is 0.202. The van der Waals surface area contributed by atoms with Crippen molar-refractivity contribution in [2.75, 3.05) is 19.0 Å². The normalized spacial score (nSPS) is 10.3. The lowest BCUT2D eigenvalue weighted by molar-refractivity contribution is -0.140. The van der Waals surface area contributed by atoms with E-state index in [-0.39, 0.29) is 5.97 Å². The Morgan fingerprint density at radius 3 is 3.06 bits per heavy atom.